The average molecular weight is 274 g/mol. The summed E-state index contributed by atoms with van der Waals surface area (Å²) in [5, 5.41) is 11.5. The number of ether oxygens (including phenoxy) is 2. The molecule has 0 radical (unpaired) electrons. The van der Waals surface area contributed by atoms with Gasteiger partial charge in [-0.25, -0.2) is 9.59 Å². The minimum absolute atomic E-state index is 0.248. The third kappa shape index (κ3) is 6.40. The molecule has 0 aromatic rings. The molecule has 0 saturated carbocycles. The van der Waals surface area contributed by atoms with Crippen LogP contribution in [0.25, 0.3) is 0 Å². The normalized spacial score (nSPS) is 18.7. The summed E-state index contributed by atoms with van der Waals surface area (Å²) in [4.78, 5) is 24.7. The van der Waals surface area contributed by atoms with Gasteiger partial charge in [-0.1, -0.05) is 0 Å². The Hall–Kier alpha value is -1.34. The van der Waals surface area contributed by atoms with Crippen LogP contribution in [0.4, 0.5) is 4.79 Å². The summed E-state index contributed by atoms with van der Waals surface area (Å²) in [6.07, 6.45) is -0.715. The third-order valence-electron chi connectivity index (χ3n) is 2.53. The summed E-state index contributed by atoms with van der Waals surface area (Å²) in [7, 11) is 0. The fourth-order valence-corrected chi connectivity index (χ4v) is 1.68. The molecular weight excluding hydrogens is 252 g/mol. The molecule has 110 valence electrons. The van der Waals surface area contributed by atoms with E-state index in [2.05, 4.69) is 5.32 Å². The summed E-state index contributed by atoms with van der Waals surface area (Å²) in [5.41, 5.74) is -0.647. The summed E-state index contributed by atoms with van der Waals surface area (Å²) in [5.74, 6) is -1.07. The van der Waals surface area contributed by atoms with E-state index in [1.165, 1.54) is 0 Å². The van der Waals surface area contributed by atoms with E-state index >= 15 is 0 Å². The van der Waals surface area contributed by atoms with E-state index in [0.717, 1.165) is 0 Å². The van der Waals surface area contributed by atoms with Gasteiger partial charge in [0, 0.05) is 19.6 Å². The van der Waals surface area contributed by atoms with Crippen molar-refractivity contribution in [2.24, 2.45) is 0 Å². The third-order valence-corrected chi connectivity index (χ3v) is 2.53. The first-order chi connectivity index (χ1) is 8.78. The quantitative estimate of drug-likeness (QED) is 0.766. The van der Waals surface area contributed by atoms with E-state index in [9.17, 15) is 9.59 Å². The highest BCUT2D eigenvalue weighted by Gasteiger charge is 2.26. The van der Waals surface area contributed by atoms with E-state index in [4.69, 9.17) is 14.6 Å². The van der Waals surface area contributed by atoms with Crippen molar-refractivity contribution >= 4 is 12.1 Å². The SMILES string of the molecule is CC(C)(C)OC(=O)NC(CN1CCOCC1)C(=O)O. The largest absolute Gasteiger partial charge is 0.480 e. The van der Waals surface area contributed by atoms with Gasteiger partial charge in [0.25, 0.3) is 0 Å². The van der Waals surface area contributed by atoms with Crippen LogP contribution in [0.1, 0.15) is 20.8 Å². The van der Waals surface area contributed by atoms with Crippen LogP contribution >= 0.6 is 0 Å². The molecule has 7 nitrogen and oxygen atoms in total. The first kappa shape index (κ1) is 15.7. The van der Waals surface area contributed by atoms with Gasteiger partial charge in [-0.3, -0.25) is 4.90 Å². The molecule has 1 fully saturated rings. The predicted octanol–water partition coefficient (Wildman–Crippen LogP) is 0.297. The second-order valence-electron chi connectivity index (χ2n) is 5.45. The molecule has 1 aliphatic rings. The van der Waals surface area contributed by atoms with Crippen molar-refractivity contribution in [3.63, 3.8) is 0 Å². The van der Waals surface area contributed by atoms with Crippen molar-refractivity contribution in [2.75, 3.05) is 32.8 Å². The van der Waals surface area contributed by atoms with Gasteiger partial charge < -0.3 is 19.9 Å². The van der Waals surface area contributed by atoms with Crippen LogP contribution in [-0.2, 0) is 14.3 Å². The molecule has 0 aromatic heterocycles. The number of nitrogens with zero attached hydrogens (tertiary/aromatic N) is 1. The predicted molar refractivity (Wildman–Crippen MR) is 68.1 cm³/mol. The Morgan fingerprint density at radius 3 is 2.42 bits per heavy atom. The van der Waals surface area contributed by atoms with Crippen LogP contribution in [0.3, 0.4) is 0 Å². The van der Waals surface area contributed by atoms with Crippen molar-refractivity contribution < 1.29 is 24.2 Å². The molecule has 19 heavy (non-hydrogen) atoms. The van der Waals surface area contributed by atoms with Gasteiger partial charge >= 0.3 is 12.1 Å². The number of carbonyl (C=O) groups excluding carboxylic acids is 1. The lowest BCUT2D eigenvalue weighted by molar-refractivity contribution is -0.140. The fourth-order valence-electron chi connectivity index (χ4n) is 1.68. The number of amides is 1. The molecule has 1 heterocycles. The molecule has 7 heteroatoms. The Kier molecular flexibility index (Phi) is 5.56. The molecule has 1 atom stereocenters. The summed E-state index contributed by atoms with van der Waals surface area (Å²) in [6, 6.07) is -0.979. The Bertz CT molecular complexity index is 321. The van der Waals surface area contributed by atoms with Crippen molar-refractivity contribution in [1.29, 1.82) is 0 Å². The highest BCUT2D eigenvalue weighted by atomic mass is 16.6. The maximum Gasteiger partial charge on any atom is 0.408 e. The van der Waals surface area contributed by atoms with Crippen LogP contribution in [0.5, 0.6) is 0 Å². The van der Waals surface area contributed by atoms with Crippen LogP contribution in [-0.4, -0.2) is 66.6 Å². The molecule has 1 rings (SSSR count). The zero-order valence-electron chi connectivity index (χ0n) is 11.6. The Morgan fingerprint density at radius 2 is 1.95 bits per heavy atom. The van der Waals surface area contributed by atoms with Crippen LogP contribution in [0.15, 0.2) is 0 Å². The Balaban J connectivity index is 2.48. The van der Waals surface area contributed by atoms with Crippen molar-refractivity contribution in [3.05, 3.63) is 0 Å². The van der Waals surface area contributed by atoms with Crippen molar-refractivity contribution in [3.8, 4) is 0 Å². The molecule has 0 aliphatic carbocycles. The van der Waals surface area contributed by atoms with E-state index in [-0.39, 0.29) is 6.54 Å². The molecule has 0 aromatic carbocycles. The molecule has 2 N–H and O–H groups in total. The van der Waals surface area contributed by atoms with Gasteiger partial charge in [0.2, 0.25) is 0 Å². The maximum absolute atomic E-state index is 11.6. The minimum Gasteiger partial charge on any atom is -0.480 e. The number of morpholine rings is 1. The minimum atomic E-state index is -1.07. The second kappa shape index (κ2) is 6.72. The van der Waals surface area contributed by atoms with Gasteiger partial charge in [-0.15, -0.1) is 0 Å². The first-order valence-corrected chi connectivity index (χ1v) is 6.30. The number of aliphatic carboxylic acids is 1. The summed E-state index contributed by atoms with van der Waals surface area (Å²) in [6.45, 7) is 7.92. The van der Waals surface area contributed by atoms with E-state index in [1.807, 2.05) is 4.90 Å². The van der Waals surface area contributed by atoms with Crippen molar-refractivity contribution in [1.82, 2.24) is 10.2 Å². The standard InChI is InChI=1S/C12H22N2O5/c1-12(2,3)19-11(17)13-9(10(15)16)8-14-4-6-18-7-5-14/h9H,4-8H2,1-3H3,(H,13,17)(H,15,16). The number of carboxylic acid groups (broad SMARTS) is 1. The van der Waals surface area contributed by atoms with Gasteiger partial charge in [0.1, 0.15) is 11.6 Å². The van der Waals surface area contributed by atoms with Gasteiger partial charge in [0.15, 0.2) is 0 Å². The molecule has 0 bridgehead atoms. The number of hydrogen-bond acceptors (Lipinski definition) is 5. The van der Waals surface area contributed by atoms with Crippen LogP contribution < -0.4 is 5.32 Å². The lowest BCUT2D eigenvalue weighted by Gasteiger charge is -2.29. The van der Waals surface area contributed by atoms with Gasteiger partial charge in [-0.2, -0.15) is 0 Å². The average Bonchev–Trinajstić information content (AvgIpc) is 2.26. The zero-order chi connectivity index (χ0) is 14.5. The number of hydrogen-bond donors (Lipinski definition) is 2. The number of carboxylic acids is 1. The molecule has 1 unspecified atom stereocenters. The van der Waals surface area contributed by atoms with E-state index in [0.29, 0.717) is 26.3 Å². The van der Waals surface area contributed by atoms with E-state index < -0.39 is 23.7 Å². The number of alkyl carbamates (subject to hydrolysis) is 1. The Labute approximate surface area is 112 Å². The monoisotopic (exact) mass is 274 g/mol. The van der Waals surface area contributed by atoms with Crippen molar-refractivity contribution in [2.45, 2.75) is 32.4 Å². The smallest absolute Gasteiger partial charge is 0.408 e. The topological polar surface area (TPSA) is 88.1 Å². The number of rotatable bonds is 4. The highest BCUT2D eigenvalue weighted by molar-refractivity contribution is 5.80. The van der Waals surface area contributed by atoms with Crippen LogP contribution in [0.2, 0.25) is 0 Å². The van der Waals surface area contributed by atoms with Crippen LogP contribution in [0, 0.1) is 0 Å². The molecular formula is C12H22N2O5. The lowest BCUT2D eigenvalue weighted by atomic mass is 10.2. The second-order valence-corrected chi connectivity index (χ2v) is 5.45. The molecule has 1 amide bonds. The first-order valence-electron chi connectivity index (χ1n) is 6.30. The van der Waals surface area contributed by atoms with Gasteiger partial charge in [-0.05, 0) is 20.8 Å². The van der Waals surface area contributed by atoms with Gasteiger partial charge in [0.05, 0.1) is 13.2 Å². The number of carbonyl (C=O) groups is 2. The Morgan fingerprint density at radius 1 is 1.37 bits per heavy atom. The number of nitrogens with one attached hydrogen (secondary N) is 1. The summed E-state index contributed by atoms with van der Waals surface area (Å²) >= 11 is 0. The fraction of sp³-hybridized carbons (Fsp3) is 0.833. The molecule has 0 spiro atoms. The zero-order valence-corrected chi connectivity index (χ0v) is 11.6. The molecule has 1 aliphatic heterocycles. The maximum atomic E-state index is 11.6. The highest BCUT2D eigenvalue weighted by Crippen LogP contribution is 2.07. The lowest BCUT2D eigenvalue weighted by Crippen LogP contribution is -2.51. The molecule has 1 saturated heterocycles. The summed E-state index contributed by atoms with van der Waals surface area (Å²) < 4.78 is 10.2. The van der Waals surface area contributed by atoms with E-state index in [1.54, 1.807) is 20.8 Å².